The summed E-state index contributed by atoms with van der Waals surface area (Å²) in [6.45, 7) is 1.70. The SMILES string of the molecule is CC(=O)O[C@H](c1ccc(Br)cc1C(F)(F)F)[C@H]1O[C@H](COCc2ccccc2)[C@@H](OCc2ccccc2)[C@H](OCc2ccccc2)[C@@H]1OCc1ccccc1. The number of benzene rings is 5. The first-order chi connectivity index (χ1) is 26.7. The highest BCUT2D eigenvalue weighted by Crippen LogP contribution is 2.43. The Balaban J connectivity index is 1.45. The highest BCUT2D eigenvalue weighted by Gasteiger charge is 2.53. The molecule has 288 valence electrons. The van der Waals surface area contributed by atoms with Gasteiger partial charge in [0.15, 0.2) is 6.10 Å². The molecule has 1 aliphatic heterocycles. The second-order valence-electron chi connectivity index (χ2n) is 13.2. The van der Waals surface area contributed by atoms with Crippen molar-refractivity contribution in [3.8, 4) is 0 Å². The van der Waals surface area contributed by atoms with Crippen molar-refractivity contribution >= 4 is 21.9 Å². The van der Waals surface area contributed by atoms with Gasteiger partial charge in [-0.3, -0.25) is 4.79 Å². The fraction of sp³-hybridized carbons (Fsp3) is 0.295. The minimum atomic E-state index is -4.80. The molecular weight excluding hydrogens is 777 g/mol. The predicted molar refractivity (Wildman–Crippen MR) is 203 cm³/mol. The van der Waals surface area contributed by atoms with Crippen molar-refractivity contribution in [1.82, 2.24) is 0 Å². The zero-order chi connectivity index (χ0) is 38.6. The third-order valence-electron chi connectivity index (χ3n) is 9.14. The first kappa shape index (κ1) is 40.3. The molecule has 1 saturated heterocycles. The summed E-state index contributed by atoms with van der Waals surface area (Å²) in [5.74, 6) is -0.799. The second kappa shape index (κ2) is 19.5. The summed E-state index contributed by atoms with van der Waals surface area (Å²) >= 11 is 3.18. The third kappa shape index (κ3) is 11.3. The number of halogens is 4. The number of ether oxygens (including phenoxy) is 6. The molecule has 0 aromatic heterocycles. The van der Waals surface area contributed by atoms with Gasteiger partial charge in [-0.05, 0) is 34.4 Å². The normalized spacial score (nSPS) is 20.5. The van der Waals surface area contributed by atoms with Crippen LogP contribution in [0.2, 0.25) is 0 Å². The van der Waals surface area contributed by atoms with E-state index < -0.39 is 54.3 Å². The number of carbonyl (C=O) groups is 1. The van der Waals surface area contributed by atoms with Gasteiger partial charge in [0.25, 0.3) is 0 Å². The van der Waals surface area contributed by atoms with Gasteiger partial charge in [-0.2, -0.15) is 13.2 Å². The maximum Gasteiger partial charge on any atom is 0.416 e. The Morgan fingerprint density at radius 2 is 1.11 bits per heavy atom. The molecule has 7 nitrogen and oxygen atoms in total. The molecular formula is C44H42BrF3O7. The van der Waals surface area contributed by atoms with Crippen molar-refractivity contribution < 1.29 is 46.4 Å². The zero-order valence-electron chi connectivity index (χ0n) is 30.1. The van der Waals surface area contributed by atoms with Crippen LogP contribution in [0.25, 0.3) is 0 Å². The van der Waals surface area contributed by atoms with Gasteiger partial charge in [-0.1, -0.05) is 143 Å². The van der Waals surface area contributed by atoms with Crippen molar-refractivity contribution in [2.75, 3.05) is 6.61 Å². The maximum absolute atomic E-state index is 14.8. The van der Waals surface area contributed by atoms with E-state index in [9.17, 15) is 18.0 Å². The number of alkyl halides is 3. The predicted octanol–water partition coefficient (Wildman–Crippen LogP) is 9.81. The summed E-state index contributed by atoms with van der Waals surface area (Å²) < 4.78 is 83.5. The molecule has 0 radical (unpaired) electrons. The highest BCUT2D eigenvalue weighted by molar-refractivity contribution is 9.10. The van der Waals surface area contributed by atoms with Crippen molar-refractivity contribution in [2.45, 2.75) is 76.2 Å². The lowest BCUT2D eigenvalue weighted by atomic mass is 9.87. The van der Waals surface area contributed by atoms with Crippen LogP contribution in [-0.2, 0) is 65.8 Å². The molecule has 11 heteroatoms. The first-order valence-corrected chi connectivity index (χ1v) is 18.7. The molecule has 1 fully saturated rings. The Morgan fingerprint density at radius 1 is 0.655 bits per heavy atom. The Bertz CT molecular complexity index is 1920. The van der Waals surface area contributed by atoms with E-state index in [0.29, 0.717) is 0 Å². The van der Waals surface area contributed by atoms with E-state index in [2.05, 4.69) is 15.9 Å². The van der Waals surface area contributed by atoms with Gasteiger partial charge in [0, 0.05) is 17.0 Å². The fourth-order valence-corrected chi connectivity index (χ4v) is 6.94. The molecule has 0 saturated carbocycles. The van der Waals surface area contributed by atoms with E-state index in [1.54, 1.807) is 0 Å². The Kier molecular flexibility index (Phi) is 14.3. The lowest BCUT2D eigenvalue weighted by molar-refractivity contribution is -0.289. The Labute approximate surface area is 327 Å². The molecule has 0 aliphatic carbocycles. The van der Waals surface area contributed by atoms with Gasteiger partial charge in [0.2, 0.25) is 0 Å². The van der Waals surface area contributed by atoms with Crippen LogP contribution in [0.1, 0.15) is 46.4 Å². The zero-order valence-corrected chi connectivity index (χ0v) is 31.7. The molecule has 6 atom stereocenters. The number of esters is 1. The summed E-state index contributed by atoms with van der Waals surface area (Å²) in [5, 5.41) is 0. The van der Waals surface area contributed by atoms with E-state index in [-0.39, 0.29) is 43.1 Å². The van der Waals surface area contributed by atoms with Crippen LogP contribution in [0.4, 0.5) is 13.2 Å². The third-order valence-corrected chi connectivity index (χ3v) is 9.63. The molecule has 0 bridgehead atoms. The van der Waals surface area contributed by atoms with Gasteiger partial charge < -0.3 is 28.4 Å². The monoisotopic (exact) mass is 818 g/mol. The van der Waals surface area contributed by atoms with E-state index >= 15 is 0 Å². The van der Waals surface area contributed by atoms with Gasteiger partial charge in [-0.15, -0.1) is 0 Å². The van der Waals surface area contributed by atoms with Crippen molar-refractivity contribution in [2.24, 2.45) is 0 Å². The van der Waals surface area contributed by atoms with E-state index in [1.165, 1.54) is 12.1 Å². The molecule has 6 rings (SSSR count). The number of hydrogen-bond donors (Lipinski definition) is 0. The number of carbonyl (C=O) groups excluding carboxylic acids is 1. The molecule has 5 aromatic carbocycles. The van der Waals surface area contributed by atoms with E-state index in [0.717, 1.165) is 35.2 Å². The standard InChI is InChI=1S/C44H42BrF3O7/c1-30(49)54-39(36-23-22-35(45)24-37(36)44(46,47)48)43-42(53-28-34-20-12-5-13-21-34)41(52-27-33-18-10-4-11-19-33)40(51-26-32-16-8-3-9-17-32)38(55-43)29-50-25-31-14-6-2-7-15-31/h2-24,38-43H,25-29H2,1H3/t38-,39-,40-,41+,42+,43-/m1/s1. The molecule has 55 heavy (non-hydrogen) atoms. The topological polar surface area (TPSA) is 72.5 Å². The quantitative estimate of drug-likeness (QED) is 0.0919. The number of rotatable bonds is 16. The summed E-state index contributed by atoms with van der Waals surface area (Å²) in [7, 11) is 0. The maximum atomic E-state index is 14.8. The largest absolute Gasteiger partial charge is 0.455 e. The van der Waals surface area contributed by atoms with Crippen LogP contribution < -0.4 is 0 Å². The molecule has 0 amide bonds. The molecule has 1 aliphatic rings. The molecule has 0 spiro atoms. The summed E-state index contributed by atoms with van der Waals surface area (Å²) in [6.07, 6.45) is -11.5. The molecule has 5 aromatic rings. The first-order valence-electron chi connectivity index (χ1n) is 17.9. The van der Waals surface area contributed by atoms with Gasteiger partial charge in [-0.25, -0.2) is 0 Å². The van der Waals surface area contributed by atoms with Gasteiger partial charge >= 0.3 is 12.1 Å². The second-order valence-corrected chi connectivity index (χ2v) is 14.1. The minimum Gasteiger partial charge on any atom is -0.455 e. The van der Waals surface area contributed by atoms with Crippen molar-refractivity contribution in [1.29, 1.82) is 0 Å². The van der Waals surface area contributed by atoms with E-state index in [1.807, 2.05) is 121 Å². The smallest absolute Gasteiger partial charge is 0.416 e. The van der Waals surface area contributed by atoms with Crippen LogP contribution in [-0.4, -0.2) is 43.1 Å². The number of hydrogen-bond acceptors (Lipinski definition) is 7. The summed E-state index contributed by atoms with van der Waals surface area (Å²) in [4.78, 5) is 12.8. The van der Waals surface area contributed by atoms with Crippen LogP contribution in [0.3, 0.4) is 0 Å². The van der Waals surface area contributed by atoms with Crippen LogP contribution in [0, 0.1) is 0 Å². The highest BCUT2D eigenvalue weighted by atomic mass is 79.9. The van der Waals surface area contributed by atoms with Gasteiger partial charge in [0.1, 0.15) is 30.5 Å². The molecule has 0 N–H and O–H groups in total. The summed E-state index contributed by atoms with van der Waals surface area (Å²) in [6, 6.07) is 41.7. The summed E-state index contributed by atoms with van der Waals surface area (Å²) in [5.41, 5.74) is 2.19. The lowest BCUT2D eigenvalue weighted by Crippen LogP contribution is -2.62. The lowest BCUT2D eigenvalue weighted by Gasteiger charge is -2.48. The Morgan fingerprint density at radius 3 is 1.58 bits per heavy atom. The molecule has 0 unspecified atom stereocenters. The van der Waals surface area contributed by atoms with Crippen LogP contribution in [0.15, 0.2) is 144 Å². The minimum absolute atomic E-state index is 0.0271. The van der Waals surface area contributed by atoms with Crippen LogP contribution >= 0.6 is 15.9 Å². The fourth-order valence-electron chi connectivity index (χ4n) is 6.58. The van der Waals surface area contributed by atoms with E-state index in [4.69, 9.17) is 28.4 Å². The van der Waals surface area contributed by atoms with Crippen molar-refractivity contribution in [3.63, 3.8) is 0 Å². The Hall–Kier alpha value is -4.36. The average Bonchev–Trinajstić information content (AvgIpc) is 3.19. The molecule has 1 heterocycles. The van der Waals surface area contributed by atoms with Crippen LogP contribution in [0.5, 0.6) is 0 Å². The average molecular weight is 820 g/mol. The van der Waals surface area contributed by atoms with Gasteiger partial charge in [0.05, 0.1) is 38.6 Å². The van der Waals surface area contributed by atoms with Crippen molar-refractivity contribution in [3.05, 3.63) is 177 Å².